The minimum atomic E-state index is -3.14. The second-order valence-electron chi connectivity index (χ2n) is 5.34. The summed E-state index contributed by atoms with van der Waals surface area (Å²) >= 11 is 0. The van der Waals surface area contributed by atoms with Crippen molar-refractivity contribution in [3.05, 3.63) is 11.6 Å². The number of hydrogen-bond donors (Lipinski definition) is 1. The summed E-state index contributed by atoms with van der Waals surface area (Å²) in [5.41, 5.74) is 0.910. The topological polar surface area (TPSA) is 57.6 Å². The van der Waals surface area contributed by atoms with Crippen molar-refractivity contribution < 1.29 is 13.5 Å². The molecule has 1 rings (SSSR count). The van der Waals surface area contributed by atoms with Crippen molar-refractivity contribution in [2.75, 3.05) is 26.0 Å². The zero-order valence-corrected chi connectivity index (χ0v) is 11.8. The van der Waals surface area contributed by atoms with Gasteiger partial charge in [0.2, 0.25) is 10.0 Å². The summed E-state index contributed by atoms with van der Waals surface area (Å²) in [7, 11) is -3.14. The molecule has 0 bridgehead atoms. The molecule has 1 saturated heterocycles. The number of rotatable bonds is 4. The van der Waals surface area contributed by atoms with Gasteiger partial charge >= 0.3 is 0 Å². The molecule has 0 spiro atoms. The van der Waals surface area contributed by atoms with Gasteiger partial charge in [0.05, 0.1) is 12.9 Å². The third kappa shape index (κ3) is 4.08. The molecule has 1 N–H and O–H groups in total. The van der Waals surface area contributed by atoms with E-state index in [-0.39, 0.29) is 12.0 Å². The predicted octanol–water partition coefficient (Wildman–Crippen LogP) is 1.38. The maximum atomic E-state index is 11.6. The molecule has 17 heavy (non-hydrogen) atoms. The monoisotopic (exact) mass is 261 g/mol. The van der Waals surface area contributed by atoms with Crippen LogP contribution >= 0.6 is 0 Å². The molecule has 0 saturated carbocycles. The molecule has 0 amide bonds. The van der Waals surface area contributed by atoms with Gasteiger partial charge in [0, 0.05) is 18.5 Å². The van der Waals surface area contributed by atoms with Crippen LogP contribution in [0.15, 0.2) is 11.6 Å². The summed E-state index contributed by atoms with van der Waals surface area (Å²) in [4.78, 5) is 0. The number of sulfonamides is 1. The summed E-state index contributed by atoms with van der Waals surface area (Å²) in [5.74, 6) is 0. The normalized spacial score (nSPS) is 26.8. The average Bonchev–Trinajstić information content (AvgIpc) is 2.25. The van der Waals surface area contributed by atoms with E-state index in [0.29, 0.717) is 13.1 Å². The Morgan fingerprint density at radius 3 is 2.59 bits per heavy atom. The van der Waals surface area contributed by atoms with Crippen LogP contribution in [0, 0.1) is 5.41 Å². The van der Waals surface area contributed by atoms with Gasteiger partial charge in [-0.1, -0.05) is 11.6 Å². The third-order valence-electron chi connectivity index (χ3n) is 3.37. The van der Waals surface area contributed by atoms with Gasteiger partial charge < -0.3 is 5.11 Å². The first-order chi connectivity index (χ1) is 7.79. The summed E-state index contributed by atoms with van der Waals surface area (Å²) in [5, 5.41) is 9.59. The SMILES string of the molecule is CC(C)=CCC1(CO)CCCN(S(C)(=O)=O)C1. The van der Waals surface area contributed by atoms with Crippen molar-refractivity contribution in [3.63, 3.8) is 0 Å². The average molecular weight is 261 g/mol. The molecule has 5 heteroatoms. The van der Waals surface area contributed by atoms with E-state index in [1.165, 1.54) is 16.1 Å². The lowest BCUT2D eigenvalue weighted by atomic mass is 9.78. The maximum absolute atomic E-state index is 11.6. The first-order valence-corrected chi connectivity index (χ1v) is 7.83. The highest BCUT2D eigenvalue weighted by molar-refractivity contribution is 7.88. The van der Waals surface area contributed by atoms with E-state index in [2.05, 4.69) is 6.08 Å². The van der Waals surface area contributed by atoms with Gasteiger partial charge in [0.25, 0.3) is 0 Å². The highest BCUT2D eigenvalue weighted by Crippen LogP contribution is 2.34. The molecule has 100 valence electrons. The molecule has 0 aliphatic carbocycles. The second kappa shape index (κ2) is 5.50. The quantitative estimate of drug-likeness (QED) is 0.778. The van der Waals surface area contributed by atoms with Crippen molar-refractivity contribution in [3.8, 4) is 0 Å². The van der Waals surface area contributed by atoms with Crippen molar-refractivity contribution in [1.29, 1.82) is 0 Å². The van der Waals surface area contributed by atoms with Crippen LogP contribution in [0.2, 0.25) is 0 Å². The first kappa shape index (κ1) is 14.7. The van der Waals surface area contributed by atoms with Gasteiger partial charge in [-0.15, -0.1) is 0 Å². The van der Waals surface area contributed by atoms with Crippen LogP contribution in [-0.2, 0) is 10.0 Å². The lowest BCUT2D eigenvalue weighted by molar-refractivity contribution is 0.0670. The lowest BCUT2D eigenvalue weighted by Gasteiger charge is -2.40. The van der Waals surface area contributed by atoms with E-state index in [4.69, 9.17) is 0 Å². The Morgan fingerprint density at radius 2 is 2.12 bits per heavy atom. The summed E-state index contributed by atoms with van der Waals surface area (Å²) in [6.07, 6.45) is 5.78. The molecule has 1 atom stereocenters. The Hall–Kier alpha value is -0.390. The van der Waals surface area contributed by atoms with Crippen LogP contribution in [0.5, 0.6) is 0 Å². The molecule has 0 aromatic heterocycles. The van der Waals surface area contributed by atoms with Crippen molar-refractivity contribution in [1.82, 2.24) is 4.31 Å². The zero-order chi connectivity index (χ0) is 13.1. The maximum Gasteiger partial charge on any atom is 0.211 e. The fourth-order valence-corrected chi connectivity index (χ4v) is 3.20. The minimum Gasteiger partial charge on any atom is -0.396 e. The van der Waals surface area contributed by atoms with Crippen molar-refractivity contribution in [2.24, 2.45) is 5.41 Å². The molecule has 4 nitrogen and oxygen atoms in total. The van der Waals surface area contributed by atoms with Crippen LogP contribution in [0.4, 0.5) is 0 Å². The summed E-state index contributed by atoms with van der Waals surface area (Å²) in [6, 6.07) is 0. The lowest BCUT2D eigenvalue weighted by Crippen LogP contribution is -2.47. The smallest absolute Gasteiger partial charge is 0.211 e. The Labute approximate surface area is 104 Å². The number of allylic oxidation sites excluding steroid dienone is 2. The van der Waals surface area contributed by atoms with Gasteiger partial charge in [-0.3, -0.25) is 0 Å². The van der Waals surface area contributed by atoms with E-state index >= 15 is 0 Å². The number of nitrogens with zero attached hydrogens (tertiary/aromatic N) is 1. The Morgan fingerprint density at radius 1 is 1.47 bits per heavy atom. The Balaban J connectivity index is 2.82. The van der Waals surface area contributed by atoms with Gasteiger partial charge in [-0.25, -0.2) is 12.7 Å². The van der Waals surface area contributed by atoms with Gasteiger partial charge in [0.15, 0.2) is 0 Å². The fraction of sp³-hybridized carbons (Fsp3) is 0.833. The molecule has 1 heterocycles. The molecule has 0 aromatic carbocycles. The zero-order valence-electron chi connectivity index (χ0n) is 10.9. The van der Waals surface area contributed by atoms with E-state index in [1.54, 1.807) is 0 Å². The number of aliphatic hydroxyl groups is 1. The van der Waals surface area contributed by atoms with Crippen LogP contribution in [0.25, 0.3) is 0 Å². The molecule has 0 radical (unpaired) electrons. The fourth-order valence-electron chi connectivity index (χ4n) is 2.23. The molecule has 1 unspecified atom stereocenters. The van der Waals surface area contributed by atoms with E-state index in [1.807, 2.05) is 13.8 Å². The molecule has 1 aliphatic rings. The van der Waals surface area contributed by atoms with E-state index < -0.39 is 10.0 Å². The first-order valence-electron chi connectivity index (χ1n) is 5.98. The molecule has 0 aromatic rings. The largest absolute Gasteiger partial charge is 0.396 e. The molecule has 1 fully saturated rings. The van der Waals surface area contributed by atoms with Crippen LogP contribution in [0.3, 0.4) is 0 Å². The Kier molecular flexibility index (Phi) is 4.75. The summed E-state index contributed by atoms with van der Waals surface area (Å²) < 4.78 is 24.6. The standard InChI is InChI=1S/C12H23NO3S/c1-11(2)5-7-12(10-14)6-4-8-13(9-12)17(3,15)16/h5,14H,4,6-10H2,1-3H3. The summed E-state index contributed by atoms with van der Waals surface area (Å²) in [6.45, 7) is 5.09. The number of aliphatic hydroxyl groups excluding tert-OH is 1. The Bertz CT molecular complexity index is 385. The number of hydrogen-bond acceptors (Lipinski definition) is 3. The predicted molar refractivity (Wildman–Crippen MR) is 69.2 cm³/mol. The van der Waals surface area contributed by atoms with Crippen LogP contribution < -0.4 is 0 Å². The molecular weight excluding hydrogens is 238 g/mol. The van der Waals surface area contributed by atoms with Gasteiger partial charge in [-0.2, -0.15) is 0 Å². The van der Waals surface area contributed by atoms with Crippen molar-refractivity contribution in [2.45, 2.75) is 33.1 Å². The van der Waals surface area contributed by atoms with E-state index in [9.17, 15) is 13.5 Å². The molecular formula is C12H23NO3S. The van der Waals surface area contributed by atoms with Crippen molar-refractivity contribution >= 4 is 10.0 Å². The third-order valence-corrected chi connectivity index (χ3v) is 4.62. The van der Waals surface area contributed by atoms with E-state index in [0.717, 1.165) is 19.3 Å². The van der Waals surface area contributed by atoms with Crippen LogP contribution in [0.1, 0.15) is 33.1 Å². The van der Waals surface area contributed by atoms with Gasteiger partial charge in [-0.05, 0) is 33.1 Å². The minimum absolute atomic E-state index is 0.0444. The molecule has 1 aliphatic heterocycles. The highest BCUT2D eigenvalue weighted by Gasteiger charge is 2.37. The van der Waals surface area contributed by atoms with Gasteiger partial charge in [0.1, 0.15) is 0 Å². The van der Waals surface area contributed by atoms with Crippen LogP contribution in [-0.4, -0.2) is 43.8 Å². The number of piperidine rings is 1. The second-order valence-corrected chi connectivity index (χ2v) is 7.33. The highest BCUT2D eigenvalue weighted by atomic mass is 32.2.